The van der Waals surface area contributed by atoms with Gasteiger partial charge in [0.15, 0.2) is 0 Å². The van der Waals surface area contributed by atoms with E-state index in [4.69, 9.17) is 0 Å². The lowest BCUT2D eigenvalue weighted by Crippen LogP contribution is -2.36. The molecule has 0 bridgehead atoms. The van der Waals surface area contributed by atoms with E-state index >= 15 is 0 Å². The summed E-state index contributed by atoms with van der Waals surface area (Å²) in [5.74, 6) is 3.40. The SMILES string of the molecule is C=C1CC/C(=C/C=C2\CCCC3(C)C2CCC3C(C)CCCC(C)C)CC1O. The smallest absolute Gasteiger partial charge is 0.0784 e. The lowest BCUT2D eigenvalue weighted by Gasteiger charge is -2.44. The van der Waals surface area contributed by atoms with Crippen molar-refractivity contribution < 1.29 is 5.11 Å². The van der Waals surface area contributed by atoms with Crippen LogP contribution in [0.2, 0.25) is 0 Å². The van der Waals surface area contributed by atoms with Crippen LogP contribution in [0.3, 0.4) is 0 Å². The van der Waals surface area contributed by atoms with Gasteiger partial charge in [-0.25, -0.2) is 0 Å². The molecule has 3 saturated carbocycles. The molecule has 3 aliphatic rings. The summed E-state index contributed by atoms with van der Waals surface area (Å²) >= 11 is 0. The fourth-order valence-corrected chi connectivity index (χ4v) is 6.62. The minimum absolute atomic E-state index is 0.322. The second-order valence-corrected chi connectivity index (χ2v) is 10.8. The fourth-order valence-electron chi connectivity index (χ4n) is 6.62. The normalized spacial score (nSPS) is 37.6. The molecule has 0 amide bonds. The van der Waals surface area contributed by atoms with Crippen LogP contribution in [0.1, 0.15) is 98.3 Å². The molecule has 0 aromatic heterocycles. The Hall–Kier alpha value is -0.820. The molecule has 0 aromatic rings. The van der Waals surface area contributed by atoms with Gasteiger partial charge in [0.25, 0.3) is 0 Å². The van der Waals surface area contributed by atoms with Gasteiger partial charge < -0.3 is 5.11 Å². The maximum atomic E-state index is 10.1. The second kappa shape index (κ2) is 9.33. The lowest BCUT2D eigenvalue weighted by atomic mass is 9.60. The molecule has 28 heavy (non-hydrogen) atoms. The summed E-state index contributed by atoms with van der Waals surface area (Å²) in [5.41, 5.74) is 4.65. The molecule has 0 saturated heterocycles. The number of hydrogen-bond acceptors (Lipinski definition) is 1. The highest BCUT2D eigenvalue weighted by molar-refractivity contribution is 5.28. The quantitative estimate of drug-likeness (QED) is 0.467. The number of aliphatic hydroxyl groups is 1. The topological polar surface area (TPSA) is 20.2 Å². The molecule has 0 heterocycles. The summed E-state index contributed by atoms with van der Waals surface area (Å²) in [7, 11) is 0. The van der Waals surface area contributed by atoms with E-state index in [1.807, 2.05) is 0 Å². The van der Waals surface area contributed by atoms with Crippen molar-refractivity contribution in [3.05, 3.63) is 35.5 Å². The predicted molar refractivity (Wildman–Crippen MR) is 121 cm³/mol. The van der Waals surface area contributed by atoms with Crippen LogP contribution in [-0.4, -0.2) is 11.2 Å². The van der Waals surface area contributed by atoms with Crippen LogP contribution in [0.15, 0.2) is 35.5 Å². The Morgan fingerprint density at radius 2 is 1.89 bits per heavy atom. The van der Waals surface area contributed by atoms with Crippen molar-refractivity contribution in [2.24, 2.45) is 29.1 Å². The number of allylic oxidation sites excluding steroid dienone is 3. The molecule has 3 aliphatic carbocycles. The van der Waals surface area contributed by atoms with E-state index in [2.05, 4.69) is 46.4 Å². The summed E-state index contributed by atoms with van der Waals surface area (Å²) in [6.07, 6.45) is 18.4. The van der Waals surface area contributed by atoms with Gasteiger partial charge in [-0.05, 0) is 86.0 Å². The molecule has 3 rings (SSSR count). The van der Waals surface area contributed by atoms with Crippen molar-refractivity contribution in [3.63, 3.8) is 0 Å². The molecule has 158 valence electrons. The third kappa shape index (κ3) is 4.84. The largest absolute Gasteiger partial charge is 0.388 e. The van der Waals surface area contributed by atoms with E-state index in [-0.39, 0.29) is 6.10 Å². The van der Waals surface area contributed by atoms with Crippen LogP contribution in [0.4, 0.5) is 0 Å². The second-order valence-electron chi connectivity index (χ2n) is 10.8. The number of hydrogen-bond donors (Lipinski definition) is 1. The Labute approximate surface area is 174 Å². The maximum Gasteiger partial charge on any atom is 0.0784 e. The first kappa shape index (κ1) is 21.9. The number of fused-ring (bicyclic) bond motifs is 1. The predicted octanol–water partition coefficient (Wildman–Crippen LogP) is 7.62. The van der Waals surface area contributed by atoms with Gasteiger partial charge in [0.05, 0.1) is 6.10 Å². The first-order valence-corrected chi connectivity index (χ1v) is 12.1. The van der Waals surface area contributed by atoms with Crippen molar-refractivity contribution in [3.8, 4) is 0 Å². The van der Waals surface area contributed by atoms with E-state index in [0.717, 1.165) is 48.5 Å². The number of aliphatic hydroxyl groups excluding tert-OH is 1. The van der Waals surface area contributed by atoms with Gasteiger partial charge in [0.1, 0.15) is 0 Å². The minimum atomic E-state index is -0.322. The summed E-state index contributed by atoms with van der Waals surface area (Å²) in [4.78, 5) is 0. The number of rotatable bonds is 6. The molecule has 1 heteroatoms. The lowest BCUT2D eigenvalue weighted by molar-refractivity contribution is 0.0929. The third-order valence-electron chi connectivity index (χ3n) is 8.39. The maximum absolute atomic E-state index is 10.1. The average Bonchev–Trinajstić information content (AvgIpc) is 3.00. The van der Waals surface area contributed by atoms with Gasteiger partial charge in [-0.2, -0.15) is 0 Å². The summed E-state index contributed by atoms with van der Waals surface area (Å²) in [5, 5.41) is 10.1. The Morgan fingerprint density at radius 3 is 2.61 bits per heavy atom. The standard InChI is InChI=1S/C27H44O/c1-19(2)8-6-9-20(3)24-15-16-25-23(10-7-17-27(24,25)5)14-13-22-12-11-21(4)26(28)18-22/h13-14,19-20,24-26,28H,4,6-12,15-18H2,1-3,5H3/b22-13-,23-14+. The Kier molecular flexibility index (Phi) is 7.29. The molecule has 0 spiro atoms. The fraction of sp³-hybridized carbons (Fsp3) is 0.778. The van der Waals surface area contributed by atoms with Crippen molar-refractivity contribution in [1.82, 2.24) is 0 Å². The van der Waals surface area contributed by atoms with E-state index in [0.29, 0.717) is 5.41 Å². The third-order valence-corrected chi connectivity index (χ3v) is 8.39. The zero-order valence-electron chi connectivity index (χ0n) is 19.0. The highest BCUT2D eigenvalue weighted by Gasteiger charge is 2.50. The van der Waals surface area contributed by atoms with Crippen LogP contribution < -0.4 is 0 Å². The average molecular weight is 385 g/mol. The van der Waals surface area contributed by atoms with Gasteiger partial charge >= 0.3 is 0 Å². The van der Waals surface area contributed by atoms with Gasteiger partial charge in [0, 0.05) is 0 Å². The van der Waals surface area contributed by atoms with Crippen molar-refractivity contribution in [2.45, 2.75) is 104 Å². The molecular formula is C27H44O. The Morgan fingerprint density at radius 1 is 1.11 bits per heavy atom. The van der Waals surface area contributed by atoms with Crippen LogP contribution in [0.25, 0.3) is 0 Å². The summed E-state index contributed by atoms with van der Waals surface area (Å²) < 4.78 is 0. The highest BCUT2D eigenvalue weighted by atomic mass is 16.3. The summed E-state index contributed by atoms with van der Waals surface area (Å²) in [6, 6.07) is 0. The van der Waals surface area contributed by atoms with Gasteiger partial charge in [0.2, 0.25) is 0 Å². The van der Waals surface area contributed by atoms with E-state index in [9.17, 15) is 5.11 Å². The molecule has 0 aromatic carbocycles. The van der Waals surface area contributed by atoms with Gasteiger partial charge in [-0.15, -0.1) is 0 Å². The van der Waals surface area contributed by atoms with E-state index < -0.39 is 0 Å². The van der Waals surface area contributed by atoms with Crippen LogP contribution in [0.5, 0.6) is 0 Å². The van der Waals surface area contributed by atoms with Crippen molar-refractivity contribution in [2.75, 3.05) is 0 Å². The summed E-state index contributed by atoms with van der Waals surface area (Å²) in [6.45, 7) is 13.9. The Balaban J connectivity index is 1.66. The monoisotopic (exact) mass is 384 g/mol. The van der Waals surface area contributed by atoms with Gasteiger partial charge in [-0.1, -0.05) is 76.8 Å². The molecular weight excluding hydrogens is 340 g/mol. The van der Waals surface area contributed by atoms with E-state index in [1.54, 1.807) is 5.57 Å². The first-order chi connectivity index (χ1) is 13.3. The van der Waals surface area contributed by atoms with Crippen molar-refractivity contribution in [1.29, 1.82) is 0 Å². The molecule has 0 radical (unpaired) electrons. The first-order valence-electron chi connectivity index (χ1n) is 12.1. The molecule has 5 unspecified atom stereocenters. The van der Waals surface area contributed by atoms with Crippen LogP contribution >= 0.6 is 0 Å². The molecule has 0 aliphatic heterocycles. The molecule has 3 fully saturated rings. The van der Waals surface area contributed by atoms with Crippen LogP contribution in [-0.2, 0) is 0 Å². The van der Waals surface area contributed by atoms with Crippen LogP contribution in [0, 0.1) is 29.1 Å². The Bertz CT molecular complexity index is 610. The highest BCUT2D eigenvalue weighted by Crippen LogP contribution is 2.59. The minimum Gasteiger partial charge on any atom is -0.388 e. The molecule has 1 nitrogen and oxygen atoms in total. The molecule has 5 atom stereocenters. The zero-order chi connectivity index (χ0) is 20.3. The van der Waals surface area contributed by atoms with Crippen molar-refractivity contribution >= 4 is 0 Å². The van der Waals surface area contributed by atoms with Gasteiger partial charge in [-0.3, -0.25) is 0 Å². The van der Waals surface area contributed by atoms with E-state index in [1.165, 1.54) is 56.9 Å². The zero-order valence-corrected chi connectivity index (χ0v) is 19.0. The molecule has 1 N–H and O–H groups in total.